The molecule has 2 heterocycles. The molecule has 0 spiro atoms. The molecule has 0 saturated heterocycles. The molecular formula is C13H11N3S. The summed E-state index contributed by atoms with van der Waals surface area (Å²) in [5, 5.41) is 6.49. The summed E-state index contributed by atoms with van der Waals surface area (Å²) < 4.78 is 0. The molecular weight excluding hydrogens is 230 g/mol. The number of thiophene rings is 1. The Balaban J connectivity index is 1.90. The first-order valence-electron chi connectivity index (χ1n) is 5.39. The molecule has 3 aromatic rings. The third-order valence-corrected chi connectivity index (χ3v) is 3.43. The highest BCUT2D eigenvalue weighted by Gasteiger charge is 2.02. The minimum absolute atomic E-state index is 0.804. The molecule has 0 amide bonds. The maximum absolute atomic E-state index is 4.29. The molecule has 0 aliphatic carbocycles. The maximum atomic E-state index is 4.29. The van der Waals surface area contributed by atoms with Crippen molar-refractivity contribution in [2.45, 2.75) is 6.54 Å². The summed E-state index contributed by atoms with van der Waals surface area (Å²) in [6.45, 7) is 0.804. The number of nitrogens with one attached hydrogen (secondary N) is 1. The van der Waals surface area contributed by atoms with Crippen LogP contribution in [-0.2, 0) is 6.54 Å². The molecule has 0 saturated carbocycles. The quantitative estimate of drug-likeness (QED) is 0.764. The zero-order valence-corrected chi connectivity index (χ0v) is 9.95. The minimum atomic E-state index is 0.804. The highest BCUT2D eigenvalue weighted by molar-refractivity contribution is 7.09. The molecule has 1 N–H and O–H groups in total. The molecule has 0 aliphatic rings. The summed E-state index contributed by atoms with van der Waals surface area (Å²) >= 11 is 1.74. The van der Waals surface area contributed by atoms with Crippen molar-refractivity contribution in [2.24, 2.45) is 0 Å². The molecule has 0 bridgehead atoms. The maximum Gasteiger partial charge on any atom is 0.137 e. The van der Waals surface area contributed by atoms with Crippen molar-refractivity contribution in [3.8, 4) is 0 Å². The summed E-state index contributed by atoms with van der Waals surface area (Å²) in [7, 11) is 0. The molecule has 84 valence electrons. The van der Waals surface area contributed by atoms with E-state index < -0.39 is 0 Å². The Labute approximate surface area is 103 Å². The predicted octanol–water partition coefficient (Wildman–Crippen LogP) is 3.30. The largest absolute Gasteiger partial charge is 0.365 e. The van der Waals surface area contributed by atoms with Crippen LogP contribution in [0.5, 0.6) is 0 Å². The first-order chi connectivity index (χ1) is 8.43. The molecule has 17 heavy (non-hydrogen) atoms. The molecule has 2 aromatic heterocycles. The molecule has 0 unspecified atom stereocenters. The third kappa shape index (κ3) is 2.12. The standard InChI is InChI=1S/C13H11N3S/c1-2-6-12-11(5-1)13(16-9-15-12)14-8-10-4-3-7-17-10/h1-7,9H,8H2,(H,14,15,16). The van der Waals surface area contributed by atoms with Crippen LogP contribution in [0.15, 0.2) is 48.1 Å². The lowest BCUT2D eigenvalue weighted by Gasteiger charge is -2.06. The number of fused-ring (bicyclic) bond motifs is 1. The highest BCUT2D eigenvalue weighted by atomic mass is 32.1. The van der Waals surface area contributed by atoms with Gasteiger partial charge in [0.25, 0.3) is 0 Å². The van der Waals surface area contributed by atoms with Crippen molar-refractivity contribution in [1.29, 1.82) is 0 Å². The van der Waals surface area contributed by atoms with Gasteiger partial charge in [0.2, 0.25) is 0 Å². The van der Waals surface area contributed by atoms with E-state index in [1.54, 1.807) is 17.7 Å². The van der Waals surface area contributed by atoms with Crippen LogP contribution in [0.4, 0.5) is 5.82 Å². The second-order valence-corrected chi connectivity index (χ2v) is 4.70. The van der Waals surface area contributed by atoms with Gasteiger partial charge in [-0.15, -0.1) is 11.3 Å². The van der Waals surface area contributed by atoms with E-state index in [1.807, 2.05) is 24.3 Å². The van der Waals surface area contributed by atoms with Gasteiger partial charge in [0.1, 0.15) is 12.1 Å². The number of rotatable bonds is 3. The van der Waals surface area contributed by atoms with Crippen molar-refractivity contribution >= 4 is 28.1 Å². The van der Waals surface area contributed by atoms with Gasteiger partial charge in [-0.05, 0) is 23.6 Å². The lowest BCUT2D eigenvalue weighted by Crippen LogP contribution is -2.00. The van der Waals surface area contributed by atoms with Crippen molar-refractivity contribution in [3.63, 3.8) is 0 Å². The summed E-state index contributed by atoms with van der Waals surface area (Å²) in [6, 6.07) is 12.2. The van der Waals surface area contributed by atoms with Gasteiger partial charge >= 0.3 is 0 Å². The molecule has 0 aliphatic heterocycles. The van der Waals surface area contributed by atoms with Crippen LogP contribution in [0.1, 0.15) is 4.88 Å². The van der Waals surface area contributed by atoms with Crippen LogP contribution in [0, 0.1) is 0 Å². The predicted molar refractivity (Wildman–Crippen MR) is 71.2 cm³/mol. The van der Waals surface area contributed by atoms with Crippen LogP contribution in [-0.4, -0.2) is 9.97 Å². The van der Waals surface area contributed by atoms with E-state index >= 15 is 0 Å². The number of aromatic nitrogens is 2. The van der Waals surface area contributed by atoms with E-state index in [9.17, 15) is 0 Å². The molecule has 3 rings (SSSR count). The Bertz CT molecular complexity index is 614. The van der Waals surface area contributed by atoms with Crippen LogP contribution in [0.2, 0.25) is 0 Å². The normalized spacial score (nSPS) is 10.6. The van der Waals surface area contributed by atoms with E-state index in [0.717, 1.165) is 23.3 Å². The Morgan fingerprint density at radius 2 is 2.00 bits per heavy atom. The molecule has 0 radical (unpaired) electrons. The molecule has 3 nitrogen and oxygen atoms in total. The van der Waals surface area contributed by atoms with Gasteiger partial charge in [0.05, 0.1) is 12.1 Å². The lowest BCUT2D eigenvalue weighted by atomic mass is 10.2. The van der Waals surface area contributed by atoms with Crippen molar-refractivity contribution in [3.05, 3.63) is 53.0 Å². The van der Waals surface area contributed by atoms with Gasteiger partial charge in [-0.2, -0.15) is 0 Å². The first-order valence-corrected chi connectivity index (χ1v) is 6.27. The Morgan fingerprint density at radius 3 is 2.88 bits per heavy atom. The number of nitrogens with zero attached hydrogens (tertiary/aromatic N) is 2. The summed E-state index contributed by atoms with van der Waals surface area (Å²) in [4.78, 5) is 9.83. The third-order valence-electron chi connectivity index (χ3n) is 2.55. The highest BCUT2D eigenvalue weighted by Crippen LogP contribution is 2.19. The fraction of sp³-hybridized carbons (Fsp3) is 0.0769. The number of para-hydroxylation sites is 1. The SMILES string of the molecule is c1csc(CNc2ncnc3ccccc23)c1. The minimum Gasteiger partial charge on any atom is -0.365 e. The Hall–Kier alpha value is -1.94. The van der Waals surface area contributed by atoms with E-state index in [2.05, 4.69) is 32.8 Å². The number of benzene rings is 1. The first kappa shape index (κ1) is 10.2. The topological polar surface area (TPSA) is 37.8 Å². The lowest BCUT2D eigenvalue weighted by molar-refractivity contribution is 1.13. The monoisotopic (exact) mass is 241 g/mol. The smallest absolute Gasteiger partial charge is 0.137 e. The second kappa shape index (κ2) is 4.51. The van der Waals surface area contributed by atoms with E-state index in [0.29, 0.717) is 0 Å². The van der Waals surface area contributed by atoms with E-state index in [-0.39, 0.29) is 0 Å². The number of anilines is 1. The van der Waals surface area contributed by atoms with E-state index in [1.165, 1.54) is 4.88 Å². The van der Waals surface area contributed by atoms with Gasteiger partial charge in [-0.25, -0.2) is 9.97 Å². The fourth-order valence-electron chi connectivity index (χ4n) is 1.73. The Kier molecular flexibility index (Phi) is 2.71. The van der Waals surface area contributed by atoms with Crippen LogP contribution in [0.3, 0.4) is 0 Å². The molecule has 1 aromatic carbocycles. The van der Waals surface area contributed by atoms with Gasteiger partial charge < -0.3 is 5.32 Å². The summed E-state index contributed by atoms with van der Waals surface area (Å²) in [5.41, 5.74) is 0.969. The Morgan fingerprint density at radius 1 is 1.06 bits per heavy atom. The van der Waals surface area contributed by atoms with Gasteiger partial charge in [0.15, 0.2) is 0 Å². The molecule has 0 fully saturated rings. The average Bonchev–Trinajstić information content (AvgIpc) is 2.89. The average molecular weight is 241 g/mol. The molecule has 4 heteroatoms. The van der Waals surface area contributed by atoms with Crippen molar-refractivity contribution < 1.29 is 0 Å². The molecule has 0 atom stereocenters. The fourth-order valence-corrected chi connectivity index (χ4v) is 2.37. The van der Waals surface area contributed by atoms with Crippen LogP contribution >= 0.6 is 11.3 Å². The van der Waals surface area contributed by atoms with Gasteiger partial charge in [-0.3, -0.25) is 0 Å². The van der Waals surface area contributed by atoms with Crippen LogP contribution < -0.4 is 5.32 Å². The summed E-state index contributed by atoms with van der Waals surface area (Å²) in [5.74, 6) is 0.893. The van der Waals surface area contributed by atoms with Gasteiger partial charge in [-0.1, -0.05) is 18.2 Å². The van der Waals surface area contributed by atoms with Crippen molar-refractivity contribution in [2.75, 3.05) is 5.32 Å². The zero-order valence-electron chi connectivity index (χ0n) is 9.13. The number of hydrogen-bond donors (Lipinski definition) is 1. The van der Waals surface area contributed by atoms with Gasteiger partial charge in [0, 0.05) is 10.3 Å². The van der Waals surface area contributed by atoms with Crippen molar-refractivity contribution in [1.82, 2.24) is 9.97 Å². The second-order valence-electron chi connectivity index (χ2n) is 3.67. The van der Waals surface area contributed by atoms with E-state index in [4.69, 9.17) is 0 Å². The zero-order chi connectivity index (χ0) is 11.5. The number of hydrogen-bond acceptors (Lipinski definition) is 4. The summed E-state index contributed by atoms with van der Waals surface area (Å²) in [6.07, 6.45) is 1.60. The van der Waals surface area contributed by atoms with Crippen LogP contribution in [0.25, 0.3) is 10.9 Å².